The van der Waals surface area contributed by atoms with E-state index >= 15 is 0 Å². The highest BCUT2D eigenvalue weighted by molar-refractivity contribution is 7.89. The van der Waals surface area contributed by atoms with E-state index in [1.54, 1.807) is 0 Å². The van der Waals surface area contributed by atoms with E-state index in [4.69, 9.17) is 0 Å². The summed E-state index contributed by atoms with van der Waals surface area (Å²) in [5.41, 5.74) is 3.51. The number of H-pyrrole nitrogens is 1. The Morgan fingerprint density at radius 3 is 2.42 bits per heavy atom. The highest BCUT2D eigenvalue weighted by atomic mass is 32.2. The monoisotopic (exact) mass is 372 g/mol. The molecule has 2 aromatic carbocycles. The fraction of sp³-hybridized carbons (Fsp3) is 0.300. The lowest BCUT2D eigenvalue weighted by atomic mass is 9.95. The first-order chi connectivity index (χ1) is 12.4. The summed E-state index contributed by atoms with van der Waals surface area (Å²) >= 11 is 0. The van der Waals surface area contributed by atoms with E-state index in [0.717, 1.165) is 18.4 Å². The SMILES string of the molecule is Cc1ccc2[nH]c(C3CCN(S(=O)(=O)c4ccc(F)cc4)CC3)cc2c1. The minimum atomic E-state index is -3.56. The second-order valence-electron chi connectivity index (χ2n) is 6.95. The zero-order valence-corrected chi connectivity index (χ0v) is 15.4. The van der Waals surface area contributed by atoms with Crippen LogP contribution in [0.15, 0.2) is 53.4 Å². The summed E-state index contributed by atoms with van der Waals surface area (Å²) in [5, 5.41) is 1.20. The van der Waals surface area contributed by atoms with Crippen LogP contribution in [0.5, 0.6) is 0 Å². The standard InChI is InChI=1S/C20H21FN2O2S/c1-14-2-7-19-16(12-14)13-20(22-19)15-8-10-23(11-9-15)26(24,25)18-5-3-17(21)4-6-18/h2-7,12-13,15,22H,8-11H2,1H3. The molecule has 6 heteroatoms. The van der Waals surface area contributed by atoms with Crippen LogP contribution in [0.4, 0.5) is 4.39 Å². The van der Waals surface area contributed by atoms with Gasteiger partial charge in [-0.1, -0.05) is 11.6 Å². The van der Waals surface area contributed by atoms with Gasteiger partial charge in [-0.15, -0.1) is 0 Å². The molecule has 0 aliphatic carbocycles. The lowest BCUT2D eigenvalue weighted by Crippen LogP contribution is -2.37. The van der Waals surface area contributed by atoms with Crippen LogP contribution in [0.1, 0.15) is 30.0 Å². The molecule has 3 aromatic rings. The summed E-state index contributed by atoms with van der Waals surface area (Å²) in [6.07, 6.45) is 1.54. The Bertz CT molecular complexity index is 1030. The highest BCUT2D eigenvalue weighted by Gasteiger charge is 2.30. The molecule has 1 aliphatic rings. The molecule has 1 aromatic heterocycles. The average molecular weight is 372 g/mol. The Morgan fingerprint density at radius 1 is 1.04 bits per heavy atom. The lowest BCUT2D eigenvalue weighted by Gasteiger charge is -2.30. The van der Waals surface area contributed by atoms with Crippen molar-refractivity contribution in [3.8, 4) is 0 Å². The summed E-state index contributed by atoms with van der Waals surface area (Å²) < 4.78 is 40.0. The maximum Gasteiger partial charge on any atom is 0.243 e. The fourth-order valence-corrected chi connectivity index (χ4v) is 5.13. The first-order valence-electron chi connectivity index (χ1n) is 8.78. The molecule has 136 valence electrons. The van der Waals surface area contributed by atoms with Gasteiger partial charge in [0.1, 0.15) is 5.82 Å². The number of rotatable bonds is 3. The van der Waals surface area contributed by atoms with E-state index in [9.17, 15) is 12.8 Å². The van der Waals surface area contributed by atoms with Crippen molar-refractivity contribution in [3.63, 3.8) is 0 Å². The molecule has 1 saturated heterocycles. The summed E-state index contributed by atoms with van der Waals surface area (Å²) in [4.78, 5) is 3.63. The Kier molecular flexibility index (Phi) is 4.32. The van der Waals surface area contributed by atoms with Gasteiger partial charge < -0.3 is 4.98 Å². The van der Waals surface area contributed by atoms with Gasteiger partial charge in [0.15, 0.2) is 0 Å². The second kappa shape index (κ2) is 6.52. The number of sulfonamides is 1. The number of benzene rings is 2. The van der Waals surface area contributed by atoms with Crippen molar-refractivity contribution in [1.29, 1.82) is 0 Å². The van der Waals surface area contributed by atoms with Crippen LogP contribution in [0, 0.1) is 12.7 Å². The van der Waals surface area contributed by atoms with Crippen molar-refractivity contribution in [3.05, 3.63) is 65.6 Å². The van der Waals surface area contributed by atoms with Gasteiger partial charge >= 0.3 is 0 Å². The number of aromatic amines is 1. The molecule has 0 saturated carbocycles. The van der Waals surface area contributed by atoms with Gasteiger partial charge in [0.05, 0.1) is 4.90 Å². The number of fused-ring (bicyclic) bond motifs is 1. The van der Waals surface area contributed by atoms with Crippen LogP contribution in [-0.2, 0) is 10.0 Å². The molecule has 0 amide bonds. The number of piperidine rings is 1. The number of aryl methyl sites for hydroxylation is 1. The van der Waals surface area contributed by atoms with Crippen molar-refractivity contribution in [2.75, 3.05) is 13.1 Å². The molecule has 0 spiro atoms. The minimum Gasteiger partial charge on any atom is -0.358 e. The summed E-state index contributed by atoms with van der Waals surface area (Å²) in [5.74, 6) is -0.112. The number of nitrogens with one attached hydrogen (secondary N) is 1. The molecule has 1 N–H and O–H groups in total. The van der Waals surface area contributed by atoms with Crippen molar-refractivity contribution < 1.29 is 12.8 Å². The molecule has 26 heavy (non-hydrogen) atoms. The first-order valence-corrected chi connectivity index (χ1v) is 10.2. The lowest BCUT2D eigenvalue weighted by molar-refractivity contribution is 0.317. The normalized spacial score (nSPS) is 17.0. The number of aromatic nitrogens is 1. The average Bonchev–Trinajstić information content (AvgIpc) is 3.05. The van der Waals surface area contributed by atoms with Crippen LogP contribution in [0.25, 0.3) is 10.9 Å². The van der Waals surface area contributed by atoms with E-state index in [-0.39, 0.29) is 4.90 Å². The van der Waals surface area contributed by atoms with Crippen molar-refractivity contribution in [1.82, 2.24) is 9.29 Å². The molecule has 0 radical (unpaired) electrons. The topological polar surface area (TPSA) is 53.2 Å². The van der Waals surface area contributed by atoms with Gasteiger partial charge in [-0.25, -0.2) is 12.8 Å². The Morgan fingerprint density at radius 2 is 1.73 bits per heavy atom. The van der Waals surface area contributed by atoms with Crippen molar-refractivity contribution in [2.24, 2.45) is 0 Å². The number of nitrogens with zero attached hydrogens (tertiary/aromatic N) is 1. The molecular weight excluding hydrogens is 351 g/mol. The van der Waals surface area contributed by atoms with Crippen LogP contribution >= 0.6 is 0 Å². The molecule has 1 aliphatic heterocycles. The predicted molar refractivity (Wildman–Crippen MR) is 100 cm³/mol. The third kappa shape index (κ3) is 3.15. The third-order valence-corrected chi connectivity index (χ3v) is 7.06. The molecule has 2 heterocycles. The van der Waals surface area contributed by atoms with Gasteiger partial charge in [-0.3, -0.25) is 0 Å². The number of hydrogen-bond acceptors (Lipinski definition) is 2. The zero-order chi connectivity index (χ0) is 18.3. The van der Waals surface area contributed by atoms with Gasteiger partial charge in [0.2, 0.25) is 10.0 Å². The molecule has 0 bridgehead atoms. The third-order valence-electron chi connectivity index (χ3n) is 5.14. The maximum absolute atomic E-state index is 13.1. The van der Waals surface area contributed by atoms with E-state index in [0.29, 0.717) is 19.0 Å². The van der Waals surface area contributed by atoms with Gasteiger partial charge in [0.25, 0.3) is 0 Å². The molecule has 0 atom stereocenters. The van der Waals surface area contributed by atoms with E-state index in [1.807, 2.05) is 0 Å². The summed E-state index contributed by atoms with van der Waals surface area (Å²) in [6.45, 7) is 3.02. The number of halogens is 1. The van der Waals surface area contributed by atoms with Gasteiger partial charge in [-0.05, 0) is 67.6 Å². The van der Waals surface area contributed by atoms with Crippen molar-refractivity contribution in [2.45, 2.75) is 30.6 Å². The summed E-state index contributed by atoms with van der Waals surface area (Å²) in [7, 11) is -3.56. The largest absolute Gasteiger partial charge is 0.358 e. The van der Waals surface area contributed by atoms with E-state index in [2.05, 4.69) is 36.2 Å². The minimum absolute atomic E-state index is 0.151. The van der Waals surface area contributed by atoms with Crippen LogP contribution in [0.2, 0.25) is 0 Å². The molecule has 1 fully saturated rings. The Balaban J connectivity index is 1.50. The van der Waals surface area contributed by atoms with E-state index < -0.39 is 15.8 Å². The Labute approximate surface area is 152 Å². The smallest absolute Gasteiger partial charge is 0.243 e. The van der Waals surface area contributed by atoms with Crippen LogP contribution in [-0.4, -0.2) is 30.8 Å². The maximum atomic E-state index is 13.1. The van der Waals surface area contributed by atoms with E-state index in [1.165, 1.54) is 45.2 Å². The second-order valence-corrected chi connectivity index (χ2v) is 8.89. The molecule has 4 rings (SSSR count). The van der Waals surface area contributed by atoms with Gasteiger partial charge in [-0.2, -0.15) is 4.31 Å². The summed E-state index contributed by atoms with van der Waals surface area (Å²) in [6, 6.07) is 13.5. The highest BCUT2D eigenvalue weighted by Crippen LogP contribution is 2.32. The Hall–Kier alpha value is -2.18. The molecule has 0 unspecified atom stereocenters. The number of hydrogen-bond donors (Lipinski definition) is 1. The van der Waals surface area contributed by atoms with Crippen molar-refractivity contribution >= 4 is 20.9 Å². The zero-order valence-electron chi connectivity index (χ0n) is 14.6. The first kappa shape index (κ1) is 17.2. The fourth-order valence-electron chi connectivity index (χ4n) is 3.66. The quantitative estimate of drug-likeness (QED) is 0.750. The van der Waals surface area contributed by atoms with Crippen LogP contribution < -0.4 is 0 Å². The molecule has 4 nitrogen and oxygen atoms in total. The predicted octanol–water partition coefficient (Wildman–Crippen LogP) is 4.18. The van der Waals surface area contributed by atoms with Gasteiger partial charge in [0, 0.05) is 30.2 Å². The van der Waals surface area contributed by atoms with Crippen LogP contribution in [0.3, 0.4) is 0 Å². The molecular formula is C20H21FN2O2S.